The molecule has 0 spiro atoms. The molecule has 2 aromatic carbocycles. The number of carbonyl (C=O) groups excluding carboxylic acids is 2. The van der Waals surface area contributed by atoms with Gasteiger partial charge >= 0.3 is 0 Å². The van der Waals surface area contributed by atoms with E-state index >= 15 is 0 Å². The third-order valence-corrected chi connectivity index (χ3v) is 6.42. The smallest absolute Gasteiger partial charge is 0.251 e. The molecule has 3 rings (SSSR count). The summed E-state index contributed by atoms with van der Waals surface area (Å²) in [6, 6.07) is 12.8. The molecular weight excluding hydrogens is 435 g/mol. The van der Waals surface area contributed by atoms with Crippen LogP contribution in [0.2, 0.25) is 0 Å². The van der Waals surface area contributed by atoms with Gasteiger partial charge in [0.25, 0.3) is 5.91 Å². The molecule has 2 unspecified atom stereocenters. The minimum Gasteiger partial charge on any atom is -0.385 e. The topological polar surface area (TPSA) is 97.0 Å². The van der Waals surface area contributed by atoms with Crippen LogP contribution in [0.3, 0.4) is 0 Å². The van der Waals surface area contributed by atoms with E-state index in [0.29, 0.717) is 18.6 Å². The van der Waals surface area contributed by atoms with Gasteiger partial charge in [-0.2, -0.15) is 0 Å². The van der Waals surface area contributed by atoms with Crippen molar-refractivity contribution in [3.8, 4) is 0 Å². The van der Waals surface area contributed by atoms with Crippen molar-refractivity contribution in [2.24, 2.45) is 16.6 Å². The van der Waals surface area contributed by atoms with E-state index in [9.17, 15) is 14.0 Å². The fourth-order valence-corrected chi connectivity index (χ4v) is 3.88. The molecule has 3 N–H and O–H groups in total. The number of carbonyl (C=O) groups is 2. The first kappa shape index (κ1) is 25.4. The molecule has 0 saturated heterocycles. The number of hydrogen-bond donors (Lipinski definition) is 2. The Bertz CT molecular complexity index is 1050. The Balaban J connectivity index is 1.75. The second-order valence-electron chi connectivity index (χ2n) is 9.20. The normalized spacial score (nSPS) is 19.2. The molecule has 2 amide bonds. The SMILES string of the molecule is COCCC(NC(=O)c1cccc(CN2C(=O)CC(C)(C(C)C)N=C2N)c1)c1ccc(F)cc1. The van der Waals surface area contributed by atoms with Crippen molar-refractivity contribution in [1.29, 1.82) is 0 Å². The minimum absolute atomic E-state index is 0.0884. The number of hydrogen-bond acceptors (Lipinski definition) is 5. The number of nitrogens with one attached hydrogen (secondary N) is 1. The number of methoxy groups -OCH3 is 1. The monoisotopic (exact) mass is 468 g/mol. The molecule has 182 valence electrons. The number of nitrogens with two attached hydrogens (primary N) is 1. The maximum absolute atomic E-state index is 13.3. The Kier molecular flexibility index (Phi) is 8.04. The van der Waals surface area contributed by atoms with Gasteiger partial charge in [0.05, 0.1) is 24.5 Å². The Morgan fingerprint density at radius 3 is 2.59 bits per heavy atom. The highest BCUT2D eigenvalue weighted by atomic mass is 19.1. The summed E-state index contributed by atoms with van der Waals surface area (Å²) in [6.07, 6.45) is 0.821. The van der Waals surface area contributed by atoms with Crippen LogP contribution in [0.4, 0.5) is 4.39 Å². The van der Waals surface area contributed by atoms with Gasteiger partial charge in [-0.15, -0.1) is 0 Å². The number of halogens is 1. The predicted molar refractivity (Wildman–Crippen MR) is 130 cm³/mol. The zero-order chi connectivity index (χ0) is 24.9. The fourth-order valence-electron chi connectivity index (χ4n) is 3.88. The number of ether oxygens (including phenoxy) is 1. The molecule has 1 aliphatic heterocycles. The van der Waals surface area contributed by atoms with E-state index in [-0.39, 0.29) is 48.5 Å². The van der Waals surface area contributed by atoms with E-state index in [4.69, 9.17) is 10.5 Å². The van der Waals surface area contributed by atoms with E-state index in [1.165, 1.54) is 17.0 Å². The van der Waals surface area contributed by atoms with Gasteiger partial charge in [-0.05, 0) is 54.7 Å². The second kappa shape index (κ2) is 10.8. The van der Waals surface area contributed by atoms with Crippen LogP contribution < -0.4 is 11.1 Å². The summed E-state index contributed by atoms with van der Waals surface area (Å²) >= 11 is 0. The Labute approximate surface area is 200 Å². The molecule has 7 nitrogen and oxygen atoms in total. The molecule has 0 aromatic heterocycles. The zero-order valence-corrected chi connectivity index (χ0v) is 20.2. The van der Waals surface area contributed by atoms with Crippen molar-refractivity contribution in [2.45, 2.75) is 51.7 Å². The number of nitrogens with zero attached hydrogens (tertiary/aromatic N) is 2. The predicted octanol–water partition coefficient (Wildman–Crippen LogP) is 3.80. The molecule has 2 atom stereocenters. The van der Waals surface area contributed by atoms with Crippen molar-refractivity contribution in [2.75, 3.05) is 13.7 Å². The highest BCUT2D eigenvalue weighted by Crippen LogP contribution is 2.30. The van der Waals surface area contributed by atoms with E-state index in [1.807, 2.05) is 26.8 Å². The fraction of sp³-hybridized carbons (Fsp3) is 0.423. The molecule has 1 aliphatic rings. The van der Waals surface area contributed by atoms with Gasteiger partial charge in [-0.25, -0.2) is 9.38 Å². The summed E-state index contributed by atoms with van der Waals surface area (Å²) in [5.41, 5.74) is 7.65. The highest BCUT2D eigenvalue weighted by Gasteiger charge is 2.38. The number of guanidine groups is 1. The van der Waals surface area contributed by atoms with E-state index in [2.05, 4.69) is 10.3 Å². The first-order valence-electron chi connectivity index (χ1n) is 11.4. The minimum atomic E-state index is -0.517. The van der Waals surface area contributed by atoms with Gasteiger partial charge < -0.3 is 15.8 Å². The third kappa shape index (κ3) is 5.99. The maximum atomic E-state index is 13.3. The first-order valence-corrected chi connectivity index (χ1v) is 11.4. The molecule has 0 fully saturated rings. The molecule has 2 aromatic rings. The second-order valence-corrected chi connectivity index (χ2v) is 9.20. The lowest BCUT2D eigenvalue weighted by Crippen LogP contribution is -2.51. The van der Waals surface area contributed by atoms with Gasteiger partial charge in [-0.3, -0.25) is 14.5 Å². The highest BCUT2D eigenvalue weighted by molar-refractivity contribution is 5.99. The van der Waals surface area contributed by atoms with Crippen LogP contribution in [0.1, 0.15) is 61.1 Å². The molecule has 8 heteroatoms. The average Bonchev–Trinajstić information content (AvgIpc) is 2.79. The quantitative estimate of drug-likeness (QED) is 0.585. The Morgan fingerprint density at radius 2 is 1.97 bits per heavy atom. The molecular formula is C26H33FN4O3. The lowest BCUT2D eigenvalue weighted by Gasteiger charge is -2.37. The van der Waals surface area contributed by atoms with Crippen molar-refractivity contribution < 1.29 is 18.7 Å². The van der Waals surface area contributed by atoms with Gasteiger partial charge in [0.1, 0.15) is 5.82 Å². The molecule has 0 saturated carbocycles. The average molecular weight is 469 g/mol. The number of benzene rings is 2. The first-order chi connectivity index (χ1) is 16.1. The van der Waals surface area contributed by atoms with Gasteiger partial charge in [0.2, 0.25) is 5.91 Å². The van der Waals surface area contributed by atoms with Crippen LogP contribution in [-0.2, 0) is 16.1 Å². The van der Waals surface area contributed by atoms with Gasteiger partial charge in [0, 0.05) is 19.3 Å². The zero-order valence-electron chi connectivity index (χ0n) is 20.2. The van der Waals surface area contributed by atoms with E-state index < -0.39 is 5.54 Å². The van der Waals surface area contributed by atoms with Gasteiger partial charge in [0.15, 0.2) is 5.96 Å². The van der Waals surface area contributed by atoms with Crippen molar-refractivity contribution in [3.63, 3.8) is 0 Å². The van der Waals surface area contributed by atoms with E-state index in [1.54, 1.807) is 37.4 Å². The molecule has 0 aliphatic carbocycles. The van der Waals surface area contributed by atoms with Crippen LogP contribution in [0.5, 0.6) is 0 Å². The summed E-state index contributed by atoms with van der Waals surface area (Å²) in [5, 5.41) is 3.01. The largest absolute Gasteiger partial charge is 0.385 e. The summed E-state index contributed by atoms with van der Waals surface area (Å²) in [5.74, 6) is -0.326. The van der Waals surface area contributed by atoms with Crippen LogP contribution in [0, 0.1) is 11.7 Å². The standard InChI is InChI=1S/C26H33FN4O3/c1-17(2)26(3)15-23(32)31(25(28)30-26)16-18-6-5-7-20(14-18)24(33)29-22(12-13-34-4)19-8-10-21(27)11-9-19/h5-11,14,17,22H,12-13,15-16H2,1-4H3,(H2,28,30)(H,29,33). The van der Waals surface area contributed by atoms with Crippen molar-refractivity contribution in [3.05, 3.63) is 71.0 Å². The lowest BCUT2D eigenvalue weighted by atomic mass is 9.84. The molecule has 0 bridgehead atoms. The van der Waals surface area contributed by atoms with Crippen LogP contribution in [0.15, 0.2) is 53.5 Å². The van der Waals surface area contributed by atoms with Crippen molar-refractivity contribution >= 4 is 17.8 Å². The summed E-state index contributed by atoms with van der Waals surface area (Å²) in [6.45, 7) is 6.65. The van der Waals surface area contributed by atoms with Gasteiger partial charge in [-0.1, -0.05) is 38.1 Å². The Hall–Kier alpha value is -3.26. The maximum Gasteiger partial charge on any atom is 0.251 e. The third-order valence-electron chi connectivity index (χ3n) is 6.42. The molecule has 34 heavy (non-hydrogen) atoms. The summed E-state index contributed by atoms with van der Waals surface area (Å²) in [7, 11) is 1.59. The van der Waals surface area contributed by atoms with Crippen LogP contribution >= 0.6 is 0 Å². The molecule has 0 radical (unpaired) electrons. The number of rotatable bonds is 9. The summed E-state index contributed by atoms with van der Waals surface area (Å²) < 4.78 is 18.5. The Morgan fingerprint density at radius 1 is 1.26 bits per heavy atom. The summed E-state index contributed by atoms with van der Waals surface area (Å²) in [4.78, 5) is 31.9. The number of aliphatic imine (C=N–C) groups is 1. The lowest BCUT2D eigenvalue weighted by molar-refractivity contribution is -0.130. The van der Waals surface area contributed by atoms with E-state index in [0.717, 1.165) is 11.1 Å². The van der Waals surface area contributed by atoms with Crippen molar-refractivity contribution in [1.82, 2.24) is 10.2 Å². The molecule has 1 heterocycles. The van der Waals surface area contributed by atoms with Crippen LogP contribution in [-0.4, -0.2) is 41.9 Å². The van der Waals surface area contributed by atoms with Crippen LogP contribution in [0.25, 0.3) is 0 Å². The number of amides is 2.